The summed E-state index contributed by atoms with van der Waals surface area (Å²) in [6, 6.07) is 7.67. The third kappa shape index (κ3) is 10.2. The number of hydrogen-bond donors (Lipinski definition) is 18. The van der Waals surface area contributed by atoms with Gasteiger partial charge in [-0.2, -0.15) is 0 Å². The Morgan fingerprint density at radius 1 is 0.552 bits per heavy atom. The molecule has 6 aromatic rings. The molecule has 1 aliphatic rings. The van der Waals surface area contributed by atoms with Gasteiger partial charge in [-0.05, 0) is 38.1 Å². The summed E-state index contributed by atoms with van der Waals surface area (Å²) in [5.74, 6) is -8.95. The van der Waals surface area contributed by atoms with Crippen molar-refractivity contribution in [3.63, 3.8) is 0 Å². The molecule has 25 nitrogen and oxygen atoms in total. The largest absolute Gasteiger partial charge is 0.508 e. The van der Waals surface area contributed by atoms with E-state index in [-0.39, 0.29) is 39.7 Å². The summed E-state index contributed by atoms with van der Waals surface area (Å²) in [7, 11) is 0. The summed E-state index contributed by atoms with van der Waals surface area (Å²) in [6.07, 6.45) is -13.5. The lowest BCUT2D eigenvalue weighted by Gasteiger charge is -2.38. The van der Waals surface area contributed by atoms with E-state index in [1.807, 2.05) is 0 Å². The monoisotopic (exact) mass is 946 g/mol. The van der Waals surface area contributed by atoms with Crippen LogP contribution in [0.1, 0.15) is 13.8 Å². The minimum atomic E-state index is -1.80. The van der Waals surface area contributed by atoms with Gasteiger partial charge in [-0.25, -0.2) is 0 Å². The molecular formula is C42H42O25. The van der Waals surface area contributed by atoms with Crippen LogP contribution in [-0.2, 0) is 9.53 Å². The van der Waals surface area contributed by atoms with Gasteiger partial charge in [0, 0.05) is 35.4 Å². The number of carbonyl (C=O) groups excluding carboxylic acids is 1. The second-order valence-corrected chi connectivity index (χ2v) is 14.7. The third-order valence-electron chi connectivity index (χ3n) is 9.89. The first-order chi connectivity index (χ1) is 31.3. The van der Waals surface area contributed by atoms with Crippen molar-refractivity contribution in [1.29, 1.82) is 0 Å². The van der Waals surface area contributed by atoms with Crippen molar-refractivity contribution in [3.8, 4) is 91.6 Å². The molecule has 0 spiro atoms. The Morgan fingerprint density at radius 2 is 0.985 bits per heavy atom. The lowest BCUT2D eigenvalue weighted by molar-refractivity contribution is -0.268. The average Bonchev–Trinajstić information content (AvgIpc) is 3.26. The summed E-state index contributed by atoms with van der Waals surface area (Å²) < 4.78 is 21.8. The van der Waals surface area contributed by atoms with Crippen LogP contribution < -0.4 is 15.6 Å². The molecule has 0 radical (unpaired) electrons. The Balaban J connectivity index is 0.000000214. The molecule has 0 aliphatic carbocycles. The summed E-state index contributed by atoms with van der Waals surface area (Å²) in [6.45, 7) is 2.63. The minimum absolute atomic E-state index is 0.0935. The smallest absolute Gasteiger partial charge is 0.239 e. The number of benzene rings is 4. The Morgan fingerprint density at radius 3 is 1.43 bits per heavy atom. The third-order valence-corrected chi connectivity index (χ3v) is 9.89. The first-order valence-corrected chi connectivity index (χ1v) is 19.1. The number of aliphatic hydroxyl groups is 7. The van der Waals surface area contributed by atoms with E-state index in [9.17, 15) is 85.9 Å². The molecule has 9 atom stereocenters. The fourth-order valence-corrected chi connectivity index (χ4v) is 6.30. The van der Waals surface area contributed by atoms with Gasteiger partial charge in [0.05, 0.1) is 12.2 Å². The number of aliphatic hydroxyl groups excluding tert-OH is 7. The normalized spacial score (nSPS) is 19.8. The minimum Gasteiger partial charge on any atom is -0.508 e. The highest BCUT2D eigenvalue weighted by molar-refractivity contribution is 5.89. The highest BCUT2D eigenvalue weighted by atomic mass is 16.7. The van der Waals surface area contributed by atoms with E-state index in [2.05, 4.69) is 0 Å². The van der Waals surface area contributed by atoms with E-state index in [0.717, 1.165) is 48.5 Å². The van der Waals surface area contributed by atoms with Crippen LogP contribution in [0.5, 0.6) is 69.0 Å². The Kier molecular flexibility index (Phi) is 14.8. The van der Waals surface area contributed by atoms with Crippen LogP contribution in [0.2, 0.25) is 0 Å². The number of phenols is 10. The maximum Gasteiger partial charge on any atom is 0.239 e. The molecule has 25 heteroatoms. The van der Waals surface area contributed by atoms with Gasteiger partial charge in [0.15, 0.2) is 52.3 Å². The molecule has 7 rings (SSSR count). The number of rotatable bonds is 8. The number of ether oxygens (including phenoxy) is 2. The Labute approximate surface area is 372 Å². The fraction of sp³-hybridized carbons (Fsp3) is 0.262. The lowest BCUT2D eigenvalue weighted by Crippen LogP contribution is -2.58. The van der Waals surface area contributed by atoms with Crippen LogP contribution in [-0.4, -0.2) is 153 Å². The molecule has 4 aromatic carbocycles. The fourth-order valence-electron chi connectivity index (χ4n) is 6.30. The predicted molar refractivity (Wildman–Crippen MR) is 223 cm³/mol. The summed E-state index contributed by atoms with van der Waals surface area (Å²) in [5, 5.41) is 171. The second kappa shape index (κ2) is 19.8. The molecule has 0 saturated carbocycles. The molecular weight excluding hydrogens is 904 g/mol. The van der Waals surface area contributed by atoms with Crippen LogP contribution in [0.15, 0.2) is 67.0 Å². The van der Waals surface area contributed by atoms with Gasteiger partial charge >= 0.3 is 0 Å². The molecule has 1 saturated heterocycles. The van der Waals surface area contributed by atoms with E-state index < -0.39 is 146 Å². The van der Waals surface area contributed by atoms with Crippen LogP contribution in [0.4, 0.5) is 0 Å². The van der Waals surface area contributed by atoms with Crippen molar-refractivity contribution < 1.29 is 115 Å². The molecule has 1 fully saturated rings. The highest BCUT2D eigenvalue weighted by Gasteiger charge is 2.44. The number of carbonyl (C=O) groups is 1. The number of aromatic hydroxyl groups is 11. The van der Waals surface area contributed by atoms with Crippen molar-refractivity contribution >= 4 is 28.2 Å². The van der Waals surface area contributed by atoms with Gasteiger partial charge in [-0.15, -0.1) is 0 Å². The van der Waals surface area contributed by atoms with Crippen LogP contribution >= 0.6 is 0 Å². The average molecular weight is 947 g/mol. The molecule has 2 aromatic heterocycles. The molecule has 3 heterocycles. The summed E-state index contributed by atoms with van der Waals surface area (Å²) in [5.41, 5.74) is -2.73. The quantitative estimate of drug-likeness (QED) is 0.0678. The molecule has 0 unspecified atom stereocenters. The zero-order valence-electron chi connectivity index (χ0n) is 34.3. The van der Waals surface area contributed by atoms with Gasteiger partial charge in [0.25, 0.3) is 0 Å². The van der Waals surface area contributed by atoms with Crippen molar-refractivity contribution in [1.82, 2.24) is 0 Å². The second-order valence-electron chi connectivity index (χ2n) is 14.7. The number of hydrogen-bond acceptors (Lipinski definition) is 25. The van der Waals surface area contributed by atoms with Crippen molar-refractivity contribution in [2.24, 2.45) is 0 Å². The van der Waals surface area contributed by atoms with Crippen LogP contribution in [0, 0.1) is 0 Å². The standard InChI is InChI=1S/C21H20O12.C15H10O8.C6H12O5/c1-6-14(26)17(29)18(30)21(31-6)33-20-16(28)13-9(23)4-8(22)5-12(13)32-19(20)7-2-10(24)15(27)11(25)3-7;16-6-3-7(17)11-10(4-6)23-15(14(22)13(11)21)5-1-8(18)12(20)9(19)2-5;1-3(8)5(10)6(11)4(9)2-7/h2-6,14,17-18,21-27,29-30H,1H3;1-4,16-20,22H;2-6,8-11H,1H3/t6-,14-,17+,18+,21-;;3-,4-,5-,6-/m0.0/s1. The van der Waals surface area contributed by atoms with Gasteiger partial charge in [0.2, 0.25) is 28.6 Å². The van der Waals surface area contributed by atoms with E-state index in [1.165, 1.54) is 13.8 Å². The van der Waals surface area contributed by atoms with Crippen molar-refractivity contribution in [2.75, 3.05) is 0 Å². The van der Waals surface area contributed by atoms with Gasteiger partial charge < -0.3 is 115 Å². The van der Waals surface area contributed by atoms with Gasteiger partial charge in [0.1, 0.15) is 81.6 Å². The van der Waals surface area contributed by atoms with E-state index in [1.54, 1.807) is 0 Å². The van der Waals surface area contributed by atoms with Crippen LogP contribution in [0.3, 0.4) is 0 Å². The number of fused-ring (bicyclic) bond motifs is 2. The molecule has 360 valence electrons. The summed E-state index contributed by atoms with van der Waals surface area (Å²) >= 11 is 0. The first-order valence-electron chi connectivity index (χ1n) is 19.1. The first kappa shape index (κ1) is 50.3. The highest BCUT2D eigenvalue weighted by Crippen LogP contribution is 2.44. The van der Waals surface area contributed by atoms with E-state index in [4.69, 9.17) is 38.7 Å². The van der Waals surface area contributed by atoms with E-state index in [0.29, 0.717) is 0 Å². The van der Waals surface area contributed by atoms with Gasteiger partial charge in [-0.3, -0.25) is 9.59 Å². The molecule has 18 N–H and O–H groups in total. The maximum atomic E-state index is 13.2. The zero-order chi connectivity index (χ0) is 50.1. The SMILES string of the molecule is C[C@@H]1O[C@@H](Oc2c(-c3cc(O)c(O)c(O)c3)oc3cc(O)cc(O)c3c2=O)[C@H](O)[C@H](O)[C@H]1O.C[C@H](O)[C@H](O)[C@@H](O)[C@@H](O)C=O.O=c1c(O)c(-c2cc(O)c(O)c(O)c2)oc2cc(O)cc(O)c12. The van der Waals surface area contributed by atoms with Crippen molar-refractivity contribution in [3.05, 3.63) is 69.0 Å². The molecule has 67 heavy (non-hydrogen) atoms. The van der Waals surface area contributed by atoms with Crippen LogP contribution in [0.25, 0.3) is 44.6 Å². The van der Waals surface area contributed by atoms with E-state index >= 15 is 0 Å². The topological polar surface area (TPSA) is 460 Å². The Bertz CT molecular complexity index is 2880. The van der Waals surface area contributed by atoms with Gasteiger partial charge in [-0.1, -0.05) is 0 Å². The number of aldehydes is 1. The maximum absolute atomic E-state index is 13.2. The lowest BCUT2D eigenvalue weighted by atomic mass is 10.00. The molecule has 0 amide bonds. The zero-order valence-corrected chi connectivity index (χ0v) is 34.3. The summed E-state index contributed by atoms with van der Waals surface area (Å²) in [4.78, 5) is 35.3. The number of phenolic OH excluding ortho intramolecular Hbond substituents is 10. The van der Waals surface area contributed by atoms with Crippen molar-refractivity contribution in [2.45, 2.75) is 69.0 Å². The predicted octanol–water partition coefficient (Wildman–Crippen LogP) is -0.463. The Hall–Kier alpha value is -7.75. The molecule has 0 bridgehead atoms. The molecule has 1 aliphatic heterocycles.